The highest BCUT2D eigenvalue weighted by Gasteiger charge is 2.57. The Balaban J connectivity index is 0.859. The van der Waals surface area contributed by atoms with Crippen LogP contribution in [0.25, 0.3) is 66.8 Å². The van der Waals surface area contributed by atoms with Crippen LogP contribution in [0, 0.1) is 23.7 Å². The first-order valence-electron chi connectivity index (χ1n) is 25.5. The predicted molar refractivity (Wildman–Crippen MR) is 290 cm³/mol. The first kappa shape index (κ1) is 41.9. The average molecular weight is 890 g/mol. The molecule has 13 rings (SSSR count). The van der Waals surface area contributed by atoms with Gasteiger partial charge in [0.1, 0.15) is 0 Å². The third kappa shape index (κ3) is 6.64. The van der Waals surface area contributed by atoms with Crippen molar-refractivity contribution in [1.82, 2.24) is 0 Å². The van der Waals surface area contributed by atoms with E-state index in [2.05, 4.69) is 245 Å². The molecule has 5 unspecified atom stereocenters. The molecular formula is C68H59N. The number of hydrogen-bond donors (Lipinski definition) is 0. The van der Waals surface area contributed by atoms with E-state index in [-0.39, 0.29) is 10.8 Å². The SMILES string of the molecule is CC1CC2CC(C)C3(c4ccccc4-c4cccc(-c5cccc(-c6ccc(N(c7ccc(-c8ccccc8)cc7)c7ccc(-c8ccc9c(c8)-c8ccccc8C9(C)C)cc7)cc6)c5)c43)C(C1)C2. The number of fused-ring (bicyclic) bond motifs is 11. The van der Waals surface area contributed by atoms with E-state index < -0.39 is 0 Å². The van der Waals surface area contributed by atoms with Gasteiger partial charge in [0.15, 0.2) is 0 Å². The van der Waals surface area contributed by atoms with Crippen LogP contribution in [-0.4, -0.2) is 0 Å². The Kier molecular flexibility index (Phi) is 9.85. The Morgan fingerprint density at radius 3 is 1.52 bits per heavy atom. The van der Waals surface area contributed by atoms with E-state index in [0.29, 0.717) is 11.8 Å². The van der Waals surface area contributed by atoms with Crippen LogP contribution in [0.2, 0.25) is 0 Å². The van der Waals surface area contributed by atoms with Crippen LogP contribution in [0.1, 0.15) is 75.6 Å². The molecule has 9 aromatic carbocycles. The van der Waals surface area contributed by atoms with Gasteiger partial charge in [-0.3, -0.25) is 0 Å². The quantitative estimate of drug-likeness (QED) is 0.154. The molecule has 336 valence electrons. The smallest absolute Gasteiger partial charge is 0.0462 e. The van der Waals surface area contributed by atoms with Gasteiger partial charge >= 0.3 is 0 Å². The van der Waals surface area contributed by atoms with Gasteiger partial charge in [0.2, 0.25) is 0 Å². The van der Waals surface area contributed by atoms with Gasteiger partial charge in [0.25, 0.3) is 0 Å². The monoisotopic (exact) mass is 889 g/mol. The van der Waals surface area contributed by atoms with Crippen molar-refractivity contribution in [2.24, 2.45) is 23.7 Å². The van der Waals surface area contributed by atoms with Crippen molar-refractivity contribution >= 4 is 17.1 Å². The predicted octanol–water partition coefficient (Wildman–Crippen LogP) is 18.5. The number of nitrogens with zero attached hydrogens (tertiary/aromatic N) is 1. The van der Waals surface area contributed by atoms with E-state index in [4.69, 9.17) is 0 Å². The molecule has 2 bridgehead atoms. The standard InChI is InChI=1S/C68H59N/c1-44-38-46-40-45(2)68(54(39-44)41-46)65-23-11-9-18-59(65)61-21-13-20-58(66(61)68)53-17-12-16-51(42-53)49-26-33-56(34-27-49)69(55-31-24-48(25-32-55)47-14-6-5-7-15-47)57-35-28-50(29-36-57)52-30-37-64-62(43-52)60-19-8-10-22-63(60)67(64,3)4/h5-37,42-46,54H,38-41H2,1-4H3. The minimum absolute atomic E-state index is 0.00652. The van der Waals surface area contributed by atoms with Crippen LogP contribution in [-0.2, 0) is 10.8 Å². The van der Waals surface area contributed by atoms with Gasteiger partial charge in [0, 0.05) is 27.9 Å². The van der Waals surface area contributed by atoms with Crippen molar-refractivity contribution in [3.63, 3.8) is 0 Å². The molecule has 2 fully saturated rings. The first-order chi connectivity index (χ1) is 33.8. The lowest BCUT2D eigenvalue weighted by Gasteiger charge is -2.55. The highest BCUT2D eigenvalue weighted by atomic mass is 15.1. The van der Waals surface area contributed by atoms with E-state index in [1.807, 2.05) is 0 Å². The number of anilines is 3. The number of hydrogen-bond acceptors (Lipinski definition) is 1. The molecule has 4 aliphatic rings. The van der Waals surface area contributed by atoms with Crippen LogP contribution < -0.4 is 4.90 Å². The van der Waals surface area contributed by atoms with E-state index in [1.54, 1.807) is 11.1 Å². The number of rotatable bonds is 7. The summed E-state index contributed by atoms with van der Waals surface area (Å²) in [4.78, 5) is 2.40. The van der Waals surface area contributed by atoms with Crippen LogP contribution >= 0.6 is 0 Å². The fourth-order valence-electron chi connectivity index (χ4n) is 14.3. The van der Waals surface area contributed by atoms with Crippen LogP contribution in [0.5, 0.6) is 0 Å². The van der Waals surface area contributed by atoms with Gasteiger partial charge in [-0.2, -0.15) is 0 Å². The van der Waals surface area contributed by atoms with Gasteiger partial charge in [-0.25, -0.2) is 0 Å². The maximum atomic E-state index is 2.58. The Hall–Kier alpha value is -7.22. The Morgan fingerprint density at radius 1 is 0.362 bits per heavy atom. The van der Waals surface area contributed by atoms with Gasteiger partial charge in [-0.1, -0.05) is 191 Å². The Morgan fingerprint density at radius 2 is 0.841 bits per heavy atom. The Labute approximate surface area is 409 Å². The van der Waals surface area contributed by atoms with Crippen molar-refractivity contribution in [3.8, 4) is 66.8 Å². The third-order valence-corrected chi connectivity index (χ3v) is 17.2. The average Bonchev–Trinajstić information content (AvgIpc) is 3.82. The zero-order chi connectivity index (χ0) is 46.4. The molecule has 69 heavy (non-hydrogen) atoms. The summed E-state index contributed by atoms with van der Waals surface area (Å²) in [7, 11) is 0. The minimum Gasteiger partial charge on any atom is -0.311 e. The summed E-state index contributed by atoms with van der Waals surface area (Å²) in [6, 6.07) is 80.0. The second-order valence-corrected chi connectivity index (χ2v) is 21.5. The van der Waals surface area contributed by atoms with Gasteiger partial charge < -0.3 is 4.90 Å². The lowest BCUT2D eigenvalue weighted by Crippen LogP contribution is -2.49. The molecule has 0 saturated heterocycles. The minimum atomic E-state index is -0.00652. The van der Waals surface area contributed by atoms with Crippen molar-refractivity contribution in [1.29, 1.82) is 0 Å². The molecule has 0 aliphatic heterocycles. The topological polar surface area (TPSA) is 3.24 Å². The highest BCUT2D eigenvalue weighted by molar-refractivity contribution is 5.91. The van der Waals surface area contributed by atoms with Crippen molar-refractivity contribution in [2.45, 2.75) is 64.2 Å². The third-order valence-electron chi connectivity index (χ3n) is 17.2. The van der Waals surface area contributed by atoms with Gasteiger partial charge in [-0.15, -0.1) is 0 Å². The molecular weight excluding hydrogens is 831 g/mol. The molecule has 0 heterocycles. The molecule has 4 aliphatic carbocycles. The molecule has 0 aromatic heterocycles. The lowest BCUT2D eigenvalue weighted by atomic mass is 9.49. The fourth-order valence-corrected chi connectivity index (χ4v) is 14.3. The molecule has 2 saturated carbocycles. The van der Waals surface area contributed by atoms with Crippen LogP contribution in [0.4, 0.5) is 17.1 Å². The van der Waals surface area contributed by atoms with Crippen molar-refractivity contribution in [2.75, 3.05) is 4.90 Å². The van der Waals surface area contributed by atoms with Crippen molar-refractivity contribution in [3.05, 3.63) is 235 Å². The molecule has 0 amide bonds. The molecule has 9 aromatic rings. The van der Waals surface area contributed by atoms with E-state index in [1.165, 1.54) is 104 Å². The zero-order valence-electron chi connectivity index (χ0n) is 40.3. The maximum absolute atomic E-state index is 2.58. The van der Waals surface area contributed by atoms with Crippen molar-refractivity contribution < 1.29 is 0 Å². The maximum Gasteiger partial charge on any atom is 0.0462 e. The summed E-state index contributed by atoms with van der Waals surface area (Å²) in [5, 5.41) is 0. The molecule has 1 heteroatoms. The van der Waals surface area contributed by atoms with Gasteiger partial charge in [-0.05, 0) is 187 Å². The van der Waals surface area contributed by atoms with E-state index >= 15 is 0 Å². The lowest BCUT2D eigenvalue weighted by molar-refractivity contribution is 0.0429. The summed E-state index contributed by atoms with van der Waals surface area (Å²) in [6.45, 7) is 9.79. The fraction of sp³-hybridized carbons (Fsp3) is 0.206. The molecule has 5 atom stereocenters. The second kappa shape index (κ2) is 16.2. The zero-order valence-corrected chi connectivity index (χ0v) is 40.3. The highest BCUT2D eigenvalue weighted by Crippen LogP contribution is 2.66. The molecule has 1 spiro atoms. The normalized spacial score (nSPS) is 21.3. The Bertz CT molecular complexity index is 3390. The summed E-state index contributed by atoms with van der Waals surface area (Å²) < 4.78 is 0. The summed E-state index contributed by atoms with van der Waals surface area (Å²) in [5.74, 6) is 2.87. The van der Waals surface area contributed by atoms with Crippen LogP contribution in [0.15, 0.2) is 212 Å². The van der Waals surface area contributed by atoms with Crippen LogP contribution in [0.3, 0.4) is 0 Å². The molecule has 0 N–H and O–H groups in total. The molecule has 1 nitrogen and oxygen atoms in total. The summed E-state index contributed by atoms with van der Waals surface area (Å²) in [6.07, 6.45) is 5.37. The molecule has 0 radical (unpaired) electrons. The van der Waals surface area contributed by atoms with E-state index in [0.717, 1.165) is 28.9 Å². The first-order valence-corrected chi connectivity index (χ1v) is 25.5. The van der Waals surface area contributed by atoms with Gasteiger partial charge in [0.05, 0.1) is 0 Å². The summed E-state index contributed by atoms with van der Waals surface area (Å²) >= 11 is 0. The van der Waals surface area contributed by atoms with E-state index in [9.17, 15) is 0 Å². The largest absolute Gasteiger partial charge is 0.311 e. The summed E-state index contributed by atoms with van der Waals surface area (Å²) in [5.41, 5.74) is 25.1. The second-order valence-electron chi connectivity index (χ2n) is 21.5. The number of benzene rings is 9.